The van der Waals surface area contributed by atoms with Crippen LogP contribution in [-0.2, 0) is 6.54 Å². The second kappa shape index (κ2) is 4.44. The van der Waals surface area contributed by atoms with Crippen LogP contribution in [0.3, 0.4) is 0 Å². The smallest absolute Gasteiger partial charge is 0.180 e. The van der Waals surface area contributed by atoms with Gasteiger partial charge in [0.2, 0.25) is 0 Å². The maximum absolute atomic E-state index is 5.11. The average Bonchev–Trinajstić information content (AvgIpc) is 2.73. The molecule has 0 amide bonds. The molecule has 0 aliphatic rings. The first kappa shape index (κ1) is 10.2. The van der Waals surface area contributed by atoms with Crippen LogP contribution in [0.15, 0.2) is 33.9 Å². The number of oxazole rings is 1. The van der Waals surface area contributed by atoms with E-state index in [2.05, 4.69) is 31.2 Å². The molecule has 0 radical (unpaired) electrons. The highest BCUT2D eigenvalue weighted by Crippen LogP contribution is 2.17. The summed E-state index contributed by atoms with van der Waals surface area (Å²) in [6.45, 7) is 2.61. The van der Waals surface area contributed by atoms with Crippen molar-refractivity contribution in [2.24, 2.45) is 0 Å². The molecular weight excluding hydrogens is 258 g/mol. The number of rotatable bonds is 3. The van der Waals surface area contributed by atoms with Gasteiger partial charge in [0.05, 0.1) is 24.6 Å². The quantitative estimate of drug-likeness (QED) is 0.869. The largest absolute Gasteiger partial charge is 0.447 e. The third-order valence-corrected chi connectivity index (χ3v) is 2.79. The molecule has 2 aromatic rings. The lowest BCUT2D eigenvalue weighted by Crippen LogP contribution is -1.99. The summed E-state index contributed by atoms with van der Waals surface area (Å²) < 4.78 is 5.97. The van der Waals surface area contributed by atoms with Crippen molar-refractivity contribution in [3.05, 3.63) is 40.8 Å². The predicted molar refractivity (Wildman–Crippen MR) is 60.5 cm³/mol. The van der Waals surface area contributed by atoms with Crippen LogP contribution in [0.1, 0.15) is 11.3 Å². The number of nitrogens with zero attached hydrogens (tertiary/aromatic N) is 2. The molecule has 0 atom stereocenters. The Morgan fingerprint density at radius 1 is 1.47 bits per heavy atom. The summed E-state index contributed by atoms with van der Waals surface area (Å²) in [5, 5.41) is 3.20. The number of hydrogen-bond acceptors (Lipinski definition) is 4. The lowest BCUT2D eigenvalue weighted by molar-refractivity contribution is 0.511. The highest BCUT2D eigenvalue weighted by Gasteiger charge is 2.00. The van der Waals surface area contributed by atoms with Crippen molar-refractivity contribution in [3.63, 3.8) is 0 Å². The van der Waals surface area contributed by atoms with Crippen molar-refractivity contribution in [3.8, 4) is 0 Å². The van der Waals surface area contributed by atoms with Gasteiger partial charge in [0.1, 0.15) is 10.4 Å². The van der Waals surface area contributed by atoms with E-state index in [1.807, 2.05) is 13.0 Å². The van der Waals surface area contributed by atoms with Crippen molar-refractivity contribution < 1.29 is 4.42 Å². The molecule has 4 nitrogen and oxygen atoms in total. The number of hydrogen-bond donors (Lipinski definition) is 1. The fraction of sp³-hybridized carbons (Fsp3) is 0.200. The Balaban J connectivity index is 2.02. The van der Waals surface area contributed by atoms with Gasteiger partial charge in [0.15, 0.2) is 6.39 Å². The number of nitrogens with one attached hydrogen (secondary N) is 1. The lowest BCUT2D eigenvalue weighted by Gasteiger charge is -2.05. The minimum Gasteiger partial charge on any atom is -0.447 e. The molecule has 0 fully saturated rings. The zero-order valence-corrected chi connectivity index (χ0v) is 9.78. The Hall–Kier alpha value is -1.36. The Morgan fingerprint density at radius 2 is 2.33 bits per heavy atom. The minimum atomic E-state index is 0.614. The molecule has 0 aliphatic heterocycles. The second-order valence-corrected chi connectivity index (χ2v) is 3.90. The van der Waals surface area contributed by atoms with E-state index in [4.69, 9.17) is 4.42 Å². The Kier molecular flexibility index (Phi) is 3.01. The van der Waals surface area contributed by atoms with Crippen molar-refractivity contribution >= 4 is 21.6 Å². The first-order valence-electron chi connectivity index (χ1n) is 4.49. The summed E-state index contributed by atoms with van der Waals surface area (Å²) in [7, 11) is 0. The molecule has 2 rings (SSSR count). The Morgan fingerprint density at radius 3 is 3.00 bits per heavy atom. The molecular formula is C10H10BrN3O. The SMILES string of the molecule is Cc1cc(NCc2cnco2)cnc1Br. The van der Waals surface area contributed by atoms with Crippen LogP contribution in [0.5, 0.6) is 0 Å². The molecule has 0 unspecified atom stereocenters. The Bertz CT molecular complexity index is 442. The van der Waals surface area contributed by atoms with Crippen LogP contribution in [0.4, 0.5) is 5.69 Å². The molecule has 0 spiro atoms. The fourth-order valence-electron chi connectivity index (χ4n) is 1.17. The van der Waals surface area contributed by atoms with Crippen molar-refractivity contribution in [1.82, 2.24) is 9.97 Å². The van der Waals surface area contributed by atoms with Gasteiger partial charge in [-0.05, 0) is 34.5 Å². The van der Waals surface area contributed by atoms with Crippen molar-refractivity contribution in [2.75, 3.05) is 5.32 Å². The zero-order valence-electron chi connectivity index (χ0n) is 8.20. The number of halogens is 1. The second-order valence-electron chi connectivity index (χ2n) is 3.15. The van der Waals surface area contributed by atoms with E-state index in [0.717, 1.165) is 21.6 Å². The average molecular weight is 268 g/mol. The highest BCUT2D eigenvalue weighted by atomic mass is 79.9. The number of aromatic nitrogens is 2. The zero-order chi connectivity index (χ0) is 10.7. The van der Waals surface area contributed by atoms with Gasteiger partial charge in [0.25, 0.3) is 0 Å². The minimum absolute atomic E-state index is 0.614. The molecule has 2 aromatic heterocycles. The molecule has 2 heterocycles. The Labute approximate surface area is 95.9 Å². The molecule has 15 heavy (non-hydrogen) atoms. The number of anilines is 1. The van der Waals surface area contributed by atoms with Crippen LogP contribution in [0.25, 0.3) is 0 Å². The van der Waals surface area contributed by atoms with Gasteiger partial charge in [-0.2, -0.15) is 0 Å². The summed E-state index contributed by atoms with van der Waals surface area (Å²) in [4.78, 5) is 8.02. The predicted octanol–water partition coefficient (Wildman–Crippen LogP) is 2.75. The summed E-state index contributed by atoms with van der Waals surface area (Å²) in [6.07, 6.45) is 4.88. The van der Waals surface area contributed by atoms with Gasteiger partial charge < -0.3 is 9.73 Å². The summed E-state index contributed by atoms with van der Waals surface area (Å²) in [6, 6.07) is 2.02. The van der Waals surface area contributed by atoms with E-state index in [-0.39, 0.29) is 0 Å². The standard InChI is InChI=1S/C10H10BrN3O/c1-7-2-8(3-14-10(7)11)13-5-9-4-12-6-15-9/h2-4,6,13H,5H2,1H3. The van der Waals surface area contributed by atoms with Gasteiger partial charge in [-0.3, -0.25) is 0 Å². The normalized spacial score (nSPS) is 10.3. The van der Waals surface area contributed by atoms with Gasteiger partial charge in [-0.25, -0.2) is 9.97 Å². The first-order chi connectivity index (χ1) is 7.25. The third kappa shape index (κ3) is 2.56. The van der Waals surface area contributed by atoms with E-state index >= 15 is 0 Å². The van der Waals surface area contributed by atoms with E-state index in [0.29, 0.717) is 6.54 Å². The van der Waals surface area contributed by atoms with Gasteiger partial charge in [0, 0.05) is 0 Å². The monoisotopic (exact) mass is 267 g/mol. The molecule has 1 N–H and O–H groups in total. The van der Waals surface area contributed by atoms with E-state index in [1.165, 1.54) is 6.39 Å². The lowest BCUT2D eigenvalue weighted by atomic mass is 10.3. The number of pyridine rings is 1. The molecule has 5 heteroatoms. The molecule has 78 valence electrons. The fourth-order valence-corrected chi connectivity index (χ4v) is 1.39. The van der Waals surface area contributed by atoms with Crippen LogP contribution in [0, 0.1) is 6.92 Å². The topological polar surface area (TPSA) is 51.0 Å². The molecule has 0 saturated heterocycles. The van der Waals surface area contributed by atoms with Crippen LogP contribution >= 0.6 is 15.9 Å². The highest BCUT2D eigenvalue weighted by molar-refractivity contribution is 9.10. The molecule has 0 aromatic carbocycles. The first-order valence-corrected chi connectivity index (χ1v) is 5.28. The maximum Gasteiger partial charge on any atom is 0.180 e. The van der Waals surface area contributed by atoms with Crippen molar-refractivity contribution in [1.29, 1.82) is 0 Å². The number of aryl methyl sites for hydroxylation is 1. The summed E-state index contributed by atoms with van der Waals surface area (Å²) >= 11 is 3.35. The van der Waals surface area contributed by atoms with Crippen LogP contribution in [0.2, 0.25) is 0 Å². The summed E-state index contributed by atoms with van der Waals surface area (Å²) in [5.74, 6) is 0.801. The summed E-state index contributed by atoms with van der Waals surface area (Å²) in [5.41, 5.74) is 2.06. The van der Waals surface area contributed by atoms with E-state index in [9.17, 15) is 0 Å². The molecule has 0 aliphatic carbocycles. The molecule has 0 bridgehead atoms. The van der Waals surface area contributed by atoms with Gasteiger partial charge in [-0.15, -0.1) is 0 Å². The van der Waals surface area contributed by atoms with E-state index in [1.54, 1.807) is 12.4 Å². The van der Waals surface area contributed by atoms with Crippen LogP contribution in [-0.4, -0.2) is 9.97 Å². The molecule has 0 saturated carbocycles. The third-order valence-electron chi connectivity index (χ3n) is 1.96. The van der Waals surface area contributed by atoms with E-state index < -0.39 is 0 Å². The maximum atomic E-state index is 5.11. The van der Waals surface area contributed by atoms with Gasteiger partial charge in [-0.1, -0.05) is 0 Å². The van der Waals surface area contributed by atoms with Gasteiger partial charge >= 0.3 is 0 Å². The van der Waals surface area contributed by atoms with Crippen LogP contribution < -0.4 is 5.32 Å². The van der Waals surface area contributed by atoms with Crippen molar-refractivity contribution in [2.45, 2.75) is 13.5 Å².